The van der Waals surface area contributed by atoms with Crippen molar-refractivity contribution in [2.45, 2.75) is 12.5 Å². The molecule has 2 N–H and O–H groups in total. The van der Waals surface area contributed by atoms with Crippen molar-refractivity contribution in [3.63, 3.8) is 0 Å². The Morgan fingerprint density at radius 1 is 1.33 bits per heavy atom. The number of benzene rings is 1. The van der Waals surface area contributed by atoms with Gasteiger partial charge in [0.05, 0.1) is 18.7 Å². The van der Waals surface area contributed by atoms with Gasteiger partial charge in [-0.2, -0.15) is 0 Å². The van der Waals surface area contributed by atoms with Gasteiger partial charge in [0.1, 0.15) is 5.75 Å². The predicted molar refractivity (Wildman–Crippen MR) is 71.0 cm³/mol. The third-order valence-corrected chi connectivity index (χ3v) is 3.43. The number of fused-ring (bicyclic) bond motifs is 1. The van der Waals surface area contributed by atoms with Crippen LogP contribution in [-0.4, -0.2) is 31.8 Å². The number of nitrogens with one attached hydrogen (secondary N) is 2. The lowest BCUT2D eigenvalue weighted by Crippen LogP contribution is -2.20. The van der Waals surface area contributed by atoms with Gasteiger partial charge in [0.25, 0.3) is 0 Å². The molecule has 2 heterocycles. The maximum Gasteiger partial charge on any atom is 0.142 e. The largest absolute Gasteiger partial charge is 0.495 e. The van der Waals surface area contributed by atoms with E-state index in [0.29, 0.717) is 0 Å². The predicted octanol–water partition coefficient (Wildman–Crippen LogP) is 2.23. The first-order valence-corrected chi connectivity index (χ1v) is 6.36. The number of aromatic nitrogens is 1. The smallest absolute Gasteiger partial charge is 0.142 e. The quantitative estimate of drug-likeness (QED) is 0.854. The number of H-pyrrole nitrogens is 1. The van der Waals surface area contributed by atoms with Crippen LogP contribution in [0.1, 0.15) is 18.1 Å². The van der Waals surface area contributed by atoms with E-state index in [2.05, 4.69) is 22.4 Å². The minimum atomic E-state index is 0.122. The first-order chi connectivity index (χ1) is 8.90. The zero-order valence-corrected chi connectivity index (χ0v) is 10.5. The van der Waals surface area contributed by atoms with Crippen LogP contribution in [0.5, 0.6) is 5.75 Å². The molecule has 4 heteroatoms. The van der Waals surface area contributed by atoms with Crippen molar-refractivity contribution < 1.29 is 9.47 Å². The van der Waals surface area contributed by atoms with E-state index in [1.54, 1.807) is 7.11 Å². The summed E-state index contributed by atoms with van der Waals surface area (Å²) in [6.07, 6.45) is 3.14. The van der Waals surface area contributed by atoms with Gasteiger partial charge in [-0.25, -0.2) is 0 Å². The molecule has 1 aromatic heterocycles. The molecule has 0 aliphatic carbocycles. The van der Waals surface area contributed by atoms with E-state index < -0.39 is 0 Å². The van der Waals surface area contributed by atoms with Crippen molar-refractivity contribution in [3.8, 4) is 5.75 Å². The van der Waals surface area contributed by atoms with Crippen molar-refractivity contribution in [2.24, 2.45) is 0 Å². The second-order valence-electron chi connectivity index (χ2n) is 4.54. The second kappa shape index (κ2) is 5.00. The van der Waals surface area contributed by atoms with Crippen LogP contribution in [0, 0.1) is 0 Å². The van der Waals surface area contributed by atoms with Gasteiger partial charge in [-0.3, -0.25) is 0 Å². The Bertz CT molecular complexity index is 528. The number of ether oxygens (including phenoxy) is 2. The highest BCUT2D eigenvalue weighted by Crippen LogP contribution is 2.32. The lowest BCUT2D eigenvalue weighted by Gasteiger charge is -2.17. The van der Waals surface area contributed by atoms with E-state index in [9.17, 15) is 0 Å². The molecule has 1 unspecified atom stereocenters. The van der Waals surface area contributed by atoms with E-state index in [-0.39, 0.29) is 6.10 Å². The number of aromatic amines is 1. The molecule has 96 valence electrons. The molecule has 4 nitrogen and oxygen atoms in total. The molecule has 0 bridgehead atoms. The van der Waals surface area contributed by atoms with Crippen LogP contribution in [0.4, 0.5) is 0 Å². The molecule has 18 heavy (non-hydrogen) atoms. The Kier molecular flexibility index (Phi) is 3.21. The lowest BCUT2D eigenvalue weighted by molar-refractivity contribution is 0.0679. The SMILES string of the molecule is COc1ccc(C2CNCCCO2)c2cc[nH]c12. The summed E-state index contributed by atoms with van der Waals surface area (Å²) in [5, 5.41) is 4.60. The fraction of sp³-hybridized carbons (Fsp3) is 0.429. The Hall–Kier alpha value is -1.52. The topological polar surface area (TPSA) is 46.3 Å². The monoisotopic (exact) mass is 246 g/mol. The molecule has 0 saturated carbocycles. The Morgan fingerprint density at radius 2 is 2.28 bits per heavy atom. The fourth-order valence-electron chi connectivity index (χ4n) is 2.52. The minimum Gasteiger partial charge on any atom is -0.495 e. The molecule has 0 amide bonds. The highest BCUT2D eigenvalue weighted by molar-refractivity contribution is 5.88. The summed E-state index contributed by atoms with van der Waals surface area (Å²) in [4.78, 5) is 3.23. The molecular weight excluding hydrogens is 228 g/mol. The van der Waals surface area contributed by atoms with Crippen LogP contribution in [-0.2, 0) is 4.74 Å². The van der Waals surface area contributed by atoms with E-state index in [1.807, 2.05) is 12.3 Å². The summed E-state index contributed by atoms with van der Waals surface area (Å²) >= 11 is 0. The molecule has 1 atom stereocenters. The van der Waals surface area contributed by atoms with Gasteiger partial charge in [0.15, 0.2) is 0 Å². The summed E-state index contributed by atoms with van der Waals surface area (Å²) in [7, 11) is 1.69. The second-order valence-corrected chi connectivity index (χ2v) is 4.54. The normalized spacial score (nSPS) is 20.8. The fourth-order valence-corrected chi connectivity index (χ4v) is 2.52. The van der Waals surface area contributed by atoms with Crippen molar-refractivity contribution in [1.82, 2.24) is 10.3 Å². The van der Waals surface area contributed by atoms with Crippen LogP contribution < -0.4 is 10.1 Å². The van der Waals surface area contributed by atoms with Crippen LogP contribution >= 0.6 is 0 Å². The lowest BCUT2D eigenvalue weighted by atomic mass is 10.0. The van der Waals surface area contributed by atoms with Crippen LogP contribution in [0.25, 0.3) is 10.9 Å². The summed E-state index contributed by atoms with van der Waals surface area (Å²) in [6, 6.07) is 6.19. The Labute approximate surface area is 106 Å². The molecule has 1 aliphatic rings. The molecule has 1 fully saturated rings. The van der Waals surface area contributed by atoms with Gasteiger partial charge in [-0.1, -0.05) is 6.07 Å². The van der Waals surface area contributed by atoms with E-state index in [4.69, 9.17) is 9.47 Å². The van der Waals surface area contributed by atoms with Gasteiger partial charge < -0.3 is 19.8 Å². The third kappa shape index (κ3) is 1.98. The highest BCUT2D eigenvalue weighted by Gasteiger charge is 2.18. The maximum absolute atomic E-state index is 5.92. The van der Waals surface area contributed by atoms with Crippen molar-refractivity contribution in [2.75, 3.05) is 26.8 Å². The van der Waals surface area contributed by atoms with Crippen molar-refractivity contribution in [1.29, 1.82) is 0 Å². The summed E-state index contributed by atoms with van der Waals surface area (Å²) in [5.41, 5.74) is 2.27. The number of methoxy groups -OCH3 is 1. The summed E-state index contributed by atoms with van der Waals surface area (Å²) in [5.74, 6) is 0.875. The van der Waals surface area contributed by atoms with E-state index >= 15 is 0 Å². The van der Waals surface area contributed by atoms with Gasteiger partial charge in [-0.05, 0) is 30.7 Å². The molecular formula is C14H18N2O2. The first-order valence-electron chi connectivity index (χ1n) is 6.36. The standard InChI is InChI=1S/C14H18N2O2/c1-17-12-4-3-10(11-5-7-16-14(11)12)13-9-15-6-2-8-18-13/h3-5,7,13,15-16H,2,6,8-9H2,1H3. The van der Waals surface area contributed by atoms with Crippen LogP contribution in [0.2, 0.25) is 0 Å². The average molecular weight is 246 g/mol. The third-order valence-electron chi connectivity index (χ3n) is 3.43. The first kappa shape index (κ1) is 11.6. The molecule has 0 spiro atoms. The molecule has 1 aliphatic heterocycles. The van der Waals surface area contributed by atoms with Gasteiger partial charge >= 0.3 is 0 Å². The Morgan fingerprint density at radius 3 is 3.17 bits per heavy atom. The molecule has 1 saturated heterocycles. The number of rotatable bonds is 2. The molecule has 2 aromatic rings. The highest BCUT2D eigenvalue weighted by atomic mass is 16.5. The van der Waals surface area contributed by atoms with E-state index in [1.165, 1.54) is 10.9 Å². The summed E-state index contributed by atoms with van der Waals surface area (Å²) in [6.45, 7) is 2.71. The molecule has 3 rings (SSSR count). The van der Waals surface area contributed by atoms with Crippen molar-refractivity contribution in [3.05, 3.63) is 30.0 Å². The molecule has 0 radical (unpaired) electrons. The van der Waals surface area contributed by atoms with Crippen molar-refractivity contribution >= 4 is 10.9 Å². The Balaban J connectivity index is 2.03. The van der Waals surface area contributed by atoms with Crippen LogP contribution in [0.15, 0.2) is 24.4 Å². The molecule has 1 aromatic carbocycles. The maximum atomic E-state index is 5.92. The minimum absolute atomic E-state index is 0.122. The average Bonchev–Trinajstić information content (AvgIpc) is 2.73. The van der Waals surface area contributed by atoms with Gasteiger partial charge in [0.2, 0.25) is 0 Å². The number of hydrogen-bond donors (Lipinski definition) is 2. The zero-order chi connectivity index (χ0) is 12.4. The zero-order valence-electron chi connectivity index (χ0n) is 10.5. The van der Waals surface area contributed by atoms with E-state index in [0.717, 1.165) is 37.4 Å². The number of hydrogen-bond acceptors (Lipinski definition) is 3. The van der Waals surface area contributed by atoms with Crippen LogP contribution in [0.3, 0.4) is 0 Å². The summed E-state index contributed by atoms with van der Waals surface area (Å²) < 4.78 is 11.3. The van der Waals surface area contributed by atoms with Gasteiger partial charge in [-0.15, -0.1) is 0 Å². The van der Waals surface area contributed by atoms with Gasteiger partial charge in [0, 0.05) is 24.7 Å².